The lowest BCUT2D eigenvalue weighted by Gasteiger charge is -2.05. The molecular weight excluding hydrogens is 207 g/mol. The van der Waals surface area contributed by atoms with E-state index in [-0.39, 0.29) is 23.7 Å². The average Bonchev–Trinajstić information content (AvgIpc) is 2.22. The largest absolute Gasteiger partial charge is 0.508 e. The van der Waals surface area contributed by atoms with Gasteiger partial charge < -0.3 is 14.9 Å². The zero-order valence-electron chi connectivity index (χ0n) is 8.85. The first kappa shape index (κ1) is 12.4. The summed E-state index contributed by atoms with van der Waals surface area (Å²) in [6.45, 7) is 0.284. The number of ether oxygens (including phenoxy) is 1. The minimum atomic E-state index is -0.566. The number of carbonyl (C=O) groups excluding carboxylic acids is 1. The van der Waals surface area contributed by atoms with Crippen molar-refractivity contribution in [2.24, 2.45) is 0 Å². The lowest BCUT2D eigenvalue weighted by atomic mass is 10.0. The van der Waals surface area contributed by atoms with Gasteiger partial charge in [0.25, 0.3) is 0 Å². The van der Waals surface area contributed by atoms with Crippen molar-refractivity contribution in [3.8, 4) is 11.5 Å². The number of phenols is 2. The van der Waals surface area contributed by atoms with Gasteiger partial charge in [0.1, 0.15) is 11.5 Å². The molecule has 0 unspecified atom stereocenters. The Morgan fingerprint density at radius 1 is 1.19 bits per heavy atom. The van der Waals surface area contributed by atoms with Gasteiger partial charge in [0.05, 0.1) is 20.0 Å². The summed E-state index contributed by atoms with van der Waals surface area (Å²) in [5.41, 5.74) is 0.130. The minimum absolute atomic E-state index is 0.130. The van der Waals surface area contributed by atoms with Crippen LogP contribution in [-0.2, 0) is 4.74 Å². The number of rotatable bonds is 5. The summed E-state index contributed by atoms with van der Waals surface area (Å²) in [6.07, 6.45) is 2.05. The van der Waals surface area contributed by atoms with Gasteiger partial charge >= 0.3 is 5.97 Å². The van der Waals surface area contributed by atoms with E-state index >= 15 is 0 Å². The van der Waals surface area contributed by atoms with E-state index in [0.29, 0.717) is 12.7 Å². The highest BCUT2D eigenvalue weighted by molar-refractivity contribution is 6.08. The van der Waals surface area contributed by atoms with Crippen molar-refractivity contribution in [1.29, 1.82) is 0 Å². The number of esters is 1. The Kier molecular flexibility index (Phi) is 4.70. The molecule has 84 valence electrons. The first-order chi connectivity index (χ1) is 7.63. The molecule has 0 amide bonds. The predicted octanol–water partition coefficient (Wildman–Crippen LogP) is 1.62. The topological polar surface area (TPSA) is 66.8 Å². The molecule has 0 aliphatic heterocycles. The van der Waals surface area contributed by atoms with Crippen molar-refractivity contribution in [1.82, 2.24) is 0 Å². The van der Waals surface area contributed by atoms with Gasteiger partial charge in [-0.1, -0.05) is 12.7 Å². The van der Waals surface area contributed by atoms with Crippen LogP contribution in [0.3, 0.4) is 0 Å². The Labute approximate surface area is 95.3 Å². The first-order valence-corrected chi connectivity index (χ1v) is 5.03. The minimum Gasteiger partial charge on any atom is -0.508 e. The molecule has 0 saturated carbocycles. The molecular formula is C11H13BO4. The summed E-state index contributed by atoms with van der Waals surface area (Å²) in [4.78, 5) is 11.4. The second-order valence-corrected chi connectivity index (χ2v) is 3.37. The average molecular weight is 220 g/mol. The van der Waals surface area contributed by atoms with Crippen LogP contribution < -0.4 is 0 Å². The molecule has 4 nitrogen and oxygen atoms in total. The van der Waals surface area contributed by atoms with Crippen LogP contribution in [0.25, 0.3) is 0 Å². The first-order valence-electron chi connectivity index (χ1n) is 5.03. The van der Waals surface area contributed by atoms with Crippen molar-refractivity contribution < 1.29 is 19.7 Å². The third kappa shape index (κ3) is 3.84. The molecule has 1 aromatic carbocycles. The zero-order chi connectivity index (χ0) is 12.0. The molecule has 0 saturated heterocycles. The van der Waals surface area contributed by atoms with Crippen LogP contribution in [-0.4, -0.2) is 30.6 Å². The second-order valence-electron chi connectivity index (χ2n) is 3.37. The van der Waals surface area contributed by atoms with E-state index in [2.05, 4.69) is 0 Å². The van der Waals surface area contributed by atoms with E-state index in [1.54, 1.807) is 0 Å². The predicted molar refractivity (Wildman–Crippen MR) is 59.8 cm³/mol. The maximum Gasteiger partial charge on any atom is 0.338 e. The summed E-state index contributed by atoms with van der Waals surface area (Å²) in [5, 5.41) is 18.3. The summed E-state index contributed by atoms with van der Waals surface area (Å²) < 4.78 is 4.92. The highest BCUT2D eigenvalue weighted by Gasteiger charge is 2.09. The normalized spacial score (nSPS) is 10.0. The van der Waals surface area contributed by atoms with Crippen molar-refractivity contribution in [2.45, 2.75) is 19.2 Å². The standard InChI is InChI=1S/C11H13BO4/c12-3-1-2-4-16-11(15)8-5-9(13)7-10(14)6-8/h5-7,13-14H,1-4H2. The summed E-state index contributed by atoms with van der Waals surface area (Å²) in [6, 6.07) is 3.63. The second kappa shape index (κ2) is 6.05. The number of aromatic hydroxyl groups is 2. The quantitative estimate of drug-likeness (QED) is 0.449. The zero-order valence-corrected chi connectivity index (χ0v) is 8.85. The Balaban J connectivity index is 2.52. The molecule has 0 spiro atoms. The number of unbranched alkanes of at least 4 members (excludes halogenated alkanes) is 1. The third-order valence-electron chi connectivity index (χ3n) is 1.97. The molecule has 1 aromatic rings. The van der Waals surface area contributed by atoms with Gasteiger partial charge in [-0.2, -0.15) is 0 Å². The highest BCUT2D eigenvalue weighted by atomic mass is 16.5. The van der Waals surface area contributed by atoms with Gasteiger partial charge in [0, 0.05) is 6.07 Å². The van der Waals surface area contributed by atoms with E-state index in [0.717, 1.165) is 12.5 Å². The number of carbonyl (C=O) groups is 1. The number of phenolic OH excluding ortho intramolecular Hbond substituents is 2. The van der Waals surface area contributed by atoms with Crippen LogP contribution in [0.15, 0.2) is 18.2 Å². The number of hydrogen-bond acceptors (Lipinski definition) is 4. The fraction of sp³-hybridized carbons (Fsp3) is 0.364. The molecule has 0 fully saturated rings. The van der Waals surface area contributed by atoms with Gasteiger partial charge in [-0.05, 0) is 18.6 Å². The molecule has 1 rings (SSSR count). The lowest BCUT2D eigenvalue weighted by molar-refractivity contribution is 0.0499. The summed E-state index contributed by atoms with van der Waals surface area (Å²) in [7, 11) is 5.29. The van der Waals surface area contributed by atoms with Crippen molar-refractivity contribution >= 4 is 13.8 Å². The van der Waals surface area contributed by atoms with Crippen molar-refractivity contribution in [2.75, 3.05) is 6.61 Å². The molecule has 16 heavy (non-hydrogen) atoms. The SMILES string of the molecule is [B]CCCCOC(=O)c1cc(O)cc(O)c1. The van der Waals surface area contributed by atoms with Crippen LogP contribution >= 0.6 is 0 Å². The van der Waals surface area contributed by atoms with Crippen LogP contribution in [0.2, 0.25) is 6.32 Å². The van der Waals surface area contributed by atoms with Gasteiger partial charge in [-0.25, -0.2) is 4.79 Å². The van der Waals surface area contributed by atoms with Crippen LogP contribution in [0.5, 0.6) is 11.5 Å². The maximum atomic E-state index is 11.4. The fourth-order valence-corrected chi connectivity index (χ4v) is 1.21. The van der Waals surface area contributed by atoms with E-state index in [9.17, 15) is 4.79 Å². The van der Waals surface area contributed by atoms with Gasteiger partial charge in [0.2, 0.25) is 0 Å². The Bertz CT molecular complexity index is 345. The third-order valence-corrected chi connectivity index (χ3v) is 1.97. The fourth-order valence-electron chi connectivity index (χ4n) is 1.21. The molecule has 0 aromatic heterocycles. The van der Waals surface area contributed by atoms with Crippen LogP contribution in [0.1, 0.15) is 23.2 Å². The Morgan fingerprint density at radius 2 is 1.81 bits per heavy atom. The smallest absolute Gasteiger partial charge is 0.338 e. The van der Waals surface area contributed by atoms with E-state index < -0.39 is 5.97 Å². The van der Waals surface area contributed by atoms with Gasteiger partial charge in [0.15, 0.2) is 0 Å². The molecule has 0 aliphatic carbocycles. The summed E-state index contributed by atoms with van der Waals surface area (Å²) in [5.74, 6) is -0.911. The molecule has 0 heterocycles. The number of hydrogen-bond donors (Lipinski definition) is 2. The molecule has 2 N–H and O–H groups in total. The molecule has 0 aliphatic rings. The van der Waals surface area contributed by atoms with Crippen molar-refractivity contribution in [3.05, 3.63) is 23.8 Å². The van der Waals surface area contributed by atoms with Crippen LogP contribution in [0, 0.1) is 0 Å². The Morgan fingerprint density at radius 3 is 2.38 bits per heavy atom. The van der Waals surface area contributed by atoms with Crippen LogP contribution in [0.4, 0.5) is 0 Å². The molecule has 0 bridgehead atoms. The van der Waals surface area contributed by atoms with E-state index in [4.69, 9.17) is 22.8 Å². The Hall–Kier alpha value is -1.65. The number of benzene rings is 1. The van der Waals surface area contributed by atoms with E-state index in [1.165, 1.54) is 12.1 Å². The summed E-state index contributed by atoms with van der Waals surface area (Å²) >= 11 is 0. The van der Waals surface area contributed by atoms with E-state index in [1.807, 2.05) is 0 Å². The highest BCUT2D eigenvalue weighted by Crippen LogP contribution is 2.20. The van der Waals surface area contributed by atoms with Crippen molar-refractivity contribution in [3.63, 3.8) is 0 Å². The molecule has 2 radical (unpaired) electrons. The maximum absolute atomic E-state index is 11.4. The molecule has 0 atom stereocenters. The monoisotopic (exact) mass is 220 g/mol. The van der Waals surface area contributed by atoms with Gasteiger partial charge in [-0.3, -0.25) is 0 Å². The molecule has 5 heteroatoms. The van der Waals surface area contributed by atoms with Gasteiger partial charge in [-0.15, -0.1) is 0 Å². The lowest BCUT2D eigenvalue weighted by Crippen LogP contribution is -2.06.